The van der Waals surface area contributed by atoms with Crippen LogP contribution in [0.2, 0.25) is 0 Å². The highest BCUT2D eigenvalue weighted by molar-refractivity contribution is 6.16. The Balaban J connectivity index is 1.77. The number of rotatable bonds is 7. The molecule has 0 spiro atoms. The second-order valence-electron chi connectivity index (χ2n) is 6.75. The highest BCUT2D eigenvalue weighted by atomic mass is 16.5. The maximum atomic E-state index is 12.7. The summed E-state index contributed by atoms with van der Waals surface area (Å²) in [6, 6.07) is 9.79. The van der Waals surface area contributed by atoms with Crippen LogP contribution in [-0.2, 0) is 9.59 Å². The van der Waals surface area contributed by atoms with E-state index in [2.05, 4.69) is 10.6 Å². The van der Waals surface area contributed by atoms with E-state index in [-0.39, 0.29) is 5.70 Å². The van der Waals surface area contributed by atoms with Gasteiger partial charge in [-0.25, -0.2) is 9.69 Å². The van der Waals surface area contributed by atoms with Gasteiger partial charge in [-0.2, -0.15) is 0 Å². The maximum Gasteiger partial charge on any atom is 0.329 e. The normalized spacial score (nSPS) is 14.5. The van der Waals surface area contributed by atoms with Crippen LogP contribution in [-0.4, -0.2) is 50.6 Å². The van der Waals surface area contributed by atoms with Gasteiger partial charge >= 0.3 is 6.03 Å². The van der Waals surface area contributed by atoms with Crippen molar-refractivity contribution in [3.63, 3.8) is 0 Å². The van der Waals surface area contributed by atoms with Crippen molar-refractivity contribution < 1.29 is 28.6 Å². The molecule has 4 amide bonds. The zero-order chi connectivity index (χ0) is 22.5. The van der Waals surface area contributed by atoms with Crippen LogP contribution >= 0.6 is 0 Å². The zero-order valence-electron chi connectivity index (χ0n) is 17.6. The van der Waals surface area contributed by atoms with Crippen molar-refractivity contribution in [1.29, 1.82) is 0 Å². The van der Waals surface area contributed by atoms with E-state index in [0.717, 1.165) is 10.5 Å². The highest BCUT2D eigenvalue weighted by Gasteiger charge is 2.35. The molecule has 2 N–H and O–H groups in total. The van der Waals surface area contributed by atoms with Gasteiger partial charge in [-0.3, -0.25) is 9.59 Å². The van der Waals surface area contributed by atoms with E-state index >= 15 is 0 Å². The van der Waals surface area contributed by atoms with Crippen LogP contribution in [0.3, 0.4) is 0 Å². The first kappa shape index (κ1) is 21.7. The lowest BCUT2D eigenvalue weighted by atomic mass is 10.1. The summed E-state index contributed by atoms with van der Waals surface area (Å²) in [5.74, 6) is 0.113. The van der Waals surface area contributed by atoms with Gasteiger partial charge < -0.3 is 24.8 Å². The predicted molar refractivity (Wildman–Crippen MR) is 114 cm³/mol. The number of nitrogens with zero attached hydrogens (tertiary/aromatic N) is 1. The quantitative estimate of drug-likeness (QED) is 0.522. The van der Waals surface area contributed by atoms with Crippen molar-refractivity contribution in [2.75, 3.05) is 33.2 Å². The molecule has 3 rings (SSSR count). The molecule has 9 nitrogen and oxygen atoms in total. The molecular weight excluding hydrogens is 402 g/mol. The highest BCUT2D eigenvalue weighted by Crippen LogP contribution is 2.38. The Morgan fingerprint density at radius 3 is 2.19 bits per heavy atom. The minimum absolute atomic E-state index is 0.0300. The van der Waals surface area contributed by atoms with Gasteiger partial charge in [-0.1, -0.05) is 17.7 Å². The van der Waals surface area contributed by atoms with Crippen molar-refractivity contribution in [2.45, 2.75) is 6.92 Å². The predicted octanol–water partition coefficient (Wildman–Crippen LogP) is 2.55. The van der Waals surface area contributed by atoms with Crippen LogP contribution in [0.1, 0.15) is 11.1 Å². The van der Waals surface area contributed by atoms with Gasteiger partial charge in [-0.05, 0) is 42.8 Å². The van der Waals surface area contributed by atoms with Crippen molar-refractivity contribution in [3.05, 3.63) is 53.2 Å². The summed E-state index contributed by atoms with van der Waals surface area (Å²) in [5.41, 5.74) is 2.20. The fourth-order valence-electron chi connectivity index (χ4n) is 3.05. The van der Waals surface area contributed by atoms with Crippen LogP contribution in [0.15, 0.2) is 42.1 Å². The summed E-state index contributed by atoms with van der Waals surface area (Å²) >= 11 is 0. The maximum absolute atomic E-state index is 12.7. The molecule has 0 saturated carbocycles. The summed E-state index contributed by atoms with van der Waals surface area (Å²) in [6.07, 6.45) is 1.47. The number of anilines is 1. The smallest absolute Gasteiger partial charge is 0.329 e. The summed E-state index contributed by atoms with van der Waals surface area (Å²) in [6.45, 7) is 1.52. The minimum Gasteiger partial charge on any atom is -0.493 e. The second kappa shape index (κ2) is 9.21. The monoisotopic (exact) mass is 425 g/mol. The third kappa shape index (κ3) is 4.77. The number of hydrogen-bond acceptors (Lipinski definition) is 6. The molecule has 0 aromatic heterocycles. The van der Waals surface area contributed by atoms with Gasteiger partial charge in [0.25, 0.3) is 5.91 Å². The van der Waals surface area contributed by atoms with Gasteiger partial charge in [0.15, 0.2) is 11.5 Å². The number of methoxy groups -OCH3 is 3. The molecule has 0 atom stereocenters. The Bertz CT molecular complexity index is 1020. The second-order valence-corrected chi connectivity index (χ2v) is 6.75. The molecule has 9 heteroatoms. The average Bonchev–Trinajstić information content (AvgIpc) is 3.01. The van der Waals surface area contributed by atoms with Gasteiger partial charge in [0, 0.05) is 5.69 Å². The van der Waals surface area contributed by atoms with E-state index in [1.165, 1.54) is 27.4 Å². The van der Waals surface area contributed by atoms with Crippen molar-refractivity contribution in [1.82, 2.24) is 10.2 Å². The Morgan fingerprint density at radius 1 is 1.03 bits per heavy atom. The number of benzene rings is 2. The van der Waals surface area contributed by atoms with E-state index in [9.17, 15) is 14.4 Å². The van der Waals surface area contributed by atoms with Crippen LogP contribution < -0.4 is 24.8 Å². The first-order valence-corrected chi connectivity index (χ1v) is 9.37. The van der Waals surface area contributed by atoms with Crippen LogP contribution in [0, 0.1) is 6.92 Å². The first-order chi connectivity index (χ1) is 14.9. The number of carbonyl (C=O) groups is 3. The number of imide groups is 1. The van der Waals surface area contributed by atoms with E-state index in [4.69, 9.17) is 14.2 Å². The van der Waals surface area contributed by atoms with Gasteiger partial charge in [0.2, 0.25) is 11.7 Å². The van der Waals surface area contributed by atoms with Crippen molar-refractivity contribution in [3.8, 4) is 17.2 Å². The lowest BCUT2D eigenvalue weighted by molar-refractivity contribution is -0.127. The Morgan fingerprint density at radius 2 is 1.65 bits per heavy atom. The van der Waals surface area contributed by atoms with E-state index in [1.54, 1.807) is 24.3 Å². The SMILES string of the molecule is COc1cc(/C=C2/NC(=O)N(CC(=O)Nc3ccc(C)cc3)C2=O)cc(OC)c1OC. The summed E-state index contributed by atoms with van der Waals surface area (Å²) in [5, 5.41) is 5.15. The lowest BCUT2D eigenvalue weighted by Gasteiger charge is -2.13. The molecule has 2 aromatic rings. The molecule has 1 aliphatic rings. The van der Waals surface area contributed by atoms with E-state index < -0.39 is 24.4 Å². The topological polar surface area (TPSA) is 106 Å². The van der Waals surface area contributed by atoms with Crippen molar-refractivity contribution >= 4 is 29.6 Å². The Kier molecular flexibility index (Phi) is 6.44. The molecule has 0 unspecified atom stereocenters. The zero-order valence-corrected chi connectivity index (χ0v) is 17.6. The fourth-order valence-corrected chi connectivity index (χ4v) is 3.05. The van der Waals surface area contributed by atoms with Gasteiger partial charge in [-0.15, -0.1) is 0 Å². The van der Waals surface area contributed by atoms with Crippen LogP contribution in [0.25, 0.3) is 6.08 Å². The molecule has 1 fully saturated rings. The molecule has 162 valence electrons. The largest absolute Gasteiger partial charge is 0.493 e. The number of aryl methyl sites for hydroxylation is 1. The number of nitrogens with one attached hydrogen (secondary N) is 2. The third-order valence-electron chi connectivity index (χ3n) is 4.60. The summed E-state index contributed by atoms with van der Waals surface area (Å²) in [4.78, 5) is 38.1. The van der Waals surface area contributed by atoms with E-state index in [1.807, 2.05) is 19.1 Å². The molecule has 1 aliphatic heterocycles. The van der Waals surface area contributed by atoms with Gasteiger partial charge in [0.05, 0.1) is 21.3 Å². The molecule has 0 radical (unpaired) electrons. The molecule has 1 heterocycles. The number of ether oxygens (including phenoxy) is 3. The molecule has 0 aliphatic carbocycles. The molecule has 1 saturated heterocycles. The fraction of sp³-hybridized carbons (Fsp3) is 0.227. The number of amides is 4. The molecule has 31 heavy (non-hydrogen) atoms. The van der Waals surface area contributed by atoms with Gasteiger partial charge in [0.1, 0.15) is 12.2 Å². The summed E-state index contributed by atoms with van der Waals surface area (Å²) < 4.78 is 15.9. The minimum atomic E-state index is -0.678. The third-order valence-corrected chi connectivity index (χ3v) is 4.60. The first-order valence-electron chi connectivity index (χ1n) is 9.37. The summed E-state index contributed by atoms with van der Waals surface area (Å²) in [7, 11) is 4.44. The van der Waals surface area contributed by atoms with Crippen LogP contribution in [0.5, 0.6) is 17.2 Å². The van der Waals surface area contributed by atoms with Crippen LogP contribution in [0.4, 0.5) is 10.5 Å². The Hall–Kier alpha value is -4.01. The average molecular weight is 425 g/mol. The van der Waals surface area contributed by atoms with E-state index in [0.29, 0.717) is 28.5 Å². The number of carbonyl (C=O) groups excluding carboxylic acids is 3. The number of hydrogen-bond donors (Lipinski definition) is 2. The van der Waals surface area contributed by atoms with Crippen molar-refractivity contribution in [2.24, 2.45) is 0 Å². The lowest BCUT2D eigenvalue weighted by Crippen LogP contribution is -2.38. The molecule has 0 bridgehead atoms. The molecular formula is C22H23N3O6. The Labute approximate surface area is 179 Å². The number of urea groups is 1. The standard InChI is InChI=1S/C22H23N3O6/c1-13-5-7-15(8-6-13)23-19(26)12-25-21(27)16(24-22(25)28)9-14-10-17(29-2)20(31-4)18(11-14)30-3/h5-11H,12H2,1-4H3,(H,23,26)(H,24,28)/b16-9+. The molecule has 2 aromatic carbocycles.